The zero-order valence-electron chi connectivity index (χ0n) is 17.6. The second-order valence-corrected chi connectivity index (χ2v) is 8.21. The molecule has 0 radical (unpaired) electrons. The lowest BCUT2D eigenvalue weighted by Crippen LogP contribution is -2.52. The lowest BCUT2D eigenvalue weighted by molar-refractivity contribution is -0.128. The summed E-state index contributed by atoms with van der Waals surface area (Å²) in [5, 5.41) is 7.42. The molecule has 1 fully saturated rings. The van der Waals surface area contributed by atoms with Crippen molar-refractivity contribution in [2.24, 2.45) is 0 Å². The van der Waals surface area contributed by atoms with Crippen LogP contribution in [0.15, 0.2) is 42.5 Å². The van der Waals surface area contributed by atoms with Gasteiger partial charge in [-0.05, 0) is 73.7 Å². The molecule has 1 aliphatic carbocycles. The van der Waals surface area contributed by atoms with Gasteiger partial charge in [-0.2, -0.15) is 5.10 Å². The zero-order chi connectivity index (χ0) is 22.4. The molecule has 3 aromatic rings. The first-order valence-corrected chi connectivity index (χ1v) is 10.7. The number of amides is 2. The number of fused-ring (bicyclic) bond motifs is 1. The van der Waals surface area contributed by atoms with E-state index in [1.807, 2.05) is 0 Å². The number of aromatic nitrogens is 2. The van der Waals surface area contributed by atoms with Crippen LogP contribution in [0.3, 0.4) is 0 Å². The Morgan fingerprint density at radius 2 is 1.84 bits per heavy atom. The van der Waals surface area contributed by atoms with E-state index in [1.165, 1.54) is 29.2 Å². The van der Waals surface area contributed by atoms with Crippen LogP contribution in [0.2, 0.25) is 0 Å². The number of carbonyl (C=O) groups excluding carboxylic acids is 2. The van der Waals surface area contributed by atoms with Crippen LogP contribution >= 0.6 is 0 Å². The molecule has 2 heterocycles. The number of nitrogens with zero attached hydrogens (tertiary/aromatic N) is 3. The van der Waals surface area contributed by atoms with Gasteiger partial charge in [-0.25, -0.2) is 13.5 Å². The summed E-state index contributed by atoms with van der Waals surface area (Å²) in [6.07, 6.45) is 2.39. The normalized spacial score (nSPS) is 17.9. The van der Waals surface area contributed by atoms with Crippen LogP contribution in [0.1, 0.15) is 45.3 Å². The number of piperazine rings is 1. The Morgan fingerprint density at radius 3 is 2.59 bits per heavy atom. The first-order chi connectivity index (χ1) is 15.4. The molecule has 8 heteroatoms. The van der Waals surface area contributed by atoms with Crippen molar-refractivity contribution >= 4 is 11.8 Å². The number of halogens is 2. The third-order valence-corrected chi connectivity index (χ3v) is 6.20. The van der Waals surface area contributed by atoms with Crippen molar-refractivity contribution in [1.82, 2.24) is 20.0 Å². The molecule has 6 nitrogen and oxygen atoms in total. The van der Waals surface area contributed by atoms with Crippen LogP contribution in [-0.2, 0) is 17.6 Å². The Bertz CT molecular complexity index is 1220. The Balaban J connectivity index is 1.56. The molecule has 1 atom stereocenters. The van der Waals surface area contributed by atoms with Crippen molar-refractivity contribution in [3.8, 4) is 5.69 Å². The Labute approximate surface area is 183 Å². The van der Waals surface area contributed by atoms with Gasteiger partial charge in [-0.1, -0.05) is 6.07 Å². The van der Waals surface area contributed by atoms with Gasteiger partial charge in [0.1, 0.15) is 17.7 Å². The van der Waals surface area contributed by atoms with Crippen LogP contribution in [0, 0.1) is 18.6 Å². The van der Waals surface area contributed by atoms with Crippen molar-refractivity contribution in [2.45, 2.75) is 32.2 Å². The van der Waals surface area contributed by atoms with Crippen molar-refractivity contribution in [3.63, 3.8) is 0 Å². The third kappa shape index (κ3) is 3.36. The molecule has 164 valence electrons. The van der Waals surface area contributed by atoms with Gasteiger partial charge in [0.2, 0.25) is 5.91 Å². The molecule has 2 aliphatic rings. The quantitative estimate of drug-likeness (QED) is 0.686. The van der Waals surface area contributed by atoms with E-state index in [0.29, 0.717) is 35.6 Å². The molecule has 1 saturated heterocycles. The van der Waals surface area contributed by atoms with Crippen LogP contribution in [0.25, 0.3) is 5.69 Å². The van der Waals surface area contributed by atoms with Gasteiger partial charge in [0.15, 0.2) is 5.69 Å². The number of carbonyl (C=O) groups is 2. The molecule has 1 aliphatic heterocycles. The van der Waals surface area contributed by atoms with Crippen LogP contribution in [0.4, 0.5) is 8.78 Å². The van der Waals surface area contributed by atoms with E-state index in [-0.39, 0.29) is 17.6 Å². The number of benzene rings is 2. The maximum Gasteiger partial charge on any atom is 0.275 e. The van der Waals surface area contributed by atoms with Crippen LogP contribution < -0.4 is 5.32 Å². The highest BCUT2D eigenvalue weighted by Gasteiger charge is 2.38. The fourth-order valence-electron chi connectivity index (χ4n) is 4.68. The summed E-state index contributed by atoms with van der Waals surface area (Å²) in [4.78, 5) is 28.0. The average Bonchev–Trinajstić information content (AvgIpc) is 3.37. The van der Waals surface area contributed by atoms with Crippen molar-refractivity contribution in [1.29, 1.82) is 0 Å². The number of aryl methyl sites for hydroxylation is 1. The molecule has 1 unspecified atom stereocenters. The standard InChI is InChI=1S/C24H22F2N4O2/c1-14-13-16(26)7-10-18(14)22-23(31)27-11-12-29(22)24(32)21-19-3-2-4-20(19)30(28-21)17-8-5-15(25)6-9-17/h5-10,13,22H,2-4,11-12H2,1H3,(H,27,31). The maximum absolute atomic E-state index is 13.7. The van der Waals surface area contributed by atoms with E-state index in [4.69, 9.17) is 0 Å². The molecule has 0 spiro atoms. The highest BCUT2D eigenvalue weighted by molar-refractivity contribution is 5.98. The summed E-state index contributed by atoms with van der Waals surface area (Å²) < 4.78 is 28.8. The summed E-state index contributed by atoms with van der Waals surface area (Å²) in [6, 6.07) is 9.36. The largest absolute Gasteiger partial charge is 0.352 e. The predicted molar refractivity (Wildman–Crippen MR) is 113 cm³/mol. The minimum atomic E-state index is -0.857. The summed E-state index contributed by atoms with van der Waals surface area (Å²) in [7, 11) is 0. The first kappa shape index (κ1) is 20.4. The molecule has 1 N–H and O–H groups in total. The minimum Gasteiger partial charge on any atom is -0.352 e. The van der Waals surface area contributed by atoms with E-state index in [0.717, 1.165) is 30.5 Å². The van der Waals surface area contributed by atoms with Crippen LogP contribution in [0.5, 0.6) is 0 Å². The van der Waals surface area contributed by atoms with Crippen LogP contribution in [-0.4, -0.2) is 39.6 Å². The highest BCUT2D eigenvalue weighted by Crippen LogP contribution is 2.32. The minimum absolute atomic E-state index is 0.297. The fraction of sp³-hybridized carbons (Fsp3) is 0.292. The summed E-state index contributed by atoms with van der Waals surface area (Å²) in [6.45, 7) is 2.39. The molecular formula is C24H22F2N4O2. The SMILES string of the molecule is Cc1cc(F)ccc1C1C(=O)NCCN1C(=O)c1nn(-c2ccc(F)cc2)c2c1CCC2. The monoisotopic (exact) mass is 436 g/mol. The summed E-state index contributed by atoms with van der Waals surface area (Å²) in [5.41, 5.74) is 4.02. The van der Waals surface area contributed by atoms with Gasteiger partial charge < -0.3 is 10.2 Å². The molecule has 2 amide bonds. The Hall–Kier alpha value is -3.55. The number of rotatable bonds is 3. The van der Waals surface area contributed by atoms with E-state index < -0.39 is 11.9 Å². The highest BCUT2D eigenvalue weighted by atomic mass is 19.1. The summed E-state index contributed by atoms with van der Waals surface area (Å²) in [5.74, 6) is -1.36. The van der Waals surface area contributed by atoms with Gasteiger partial charge in [0.05, 0.1) is 5.69 Å². The Morgan fingerprint density at radius 1 is 1.09 bits per heavy atom. The molecule has 0 saturated carbocycles. The number of hydrogen-bond acceptors (Lipinski definition) is 3. The average molecular weight is 436 g/mol. The second kappa shape index (κ2) is 7.85. The van der Waals surface area contributed by atoms with E-state index in [1.54, 1.807) is 29.8 Å². The molecular weight excluding hydrogens is 414 g/mol. The summed E-state index contributed by atoms with van der Waals surface area (Å²) >= 11 is 0. The number of nitrogens with one attached hydrogen (secondary N) is 1. The predicted octanol–water partition coefficient (Wildman–Crippen LogP) is 3.26. The lowest BCUT2D eigenvalue weighted by Gasteiger charge is -2.35. The second-order valence-electron chi connectivity index (χ2n) is 8.21. The third-order valence-electron chi connectivity index (χ3n) is 6.20. The number of hydrogen-bond donors (Lipinski definition) is 1. The first-order valence-electron chi connectivity index (χ1n) is 10.7. The molecule has 32 heavy (non-hydrogen) atoms. The fourth-order valence-corrected chi connectivity index (χ4v) is 4.68. The maximum atomic E-state index is 13.7. The lowest BCUT2D eigenvalue weighted by atomic mass is 9.97. The van der Waals surface area contributed by atoms with E-state index in [9.17, 15) is 18.4 Å². The molecule has 0 bridgehead atoms. The van der Waals surface area contributed by atoms with Crippen molar-refractivity contribution in [3.05, 3.63) is 82.2 Å². The zero-order valence-corrected chi connectivity index (χ0v) is 17.6. The molecule has 5 rings (SSSR count). The van der Waals surface area contributed by atoms with Gasteiger partial charge in [-0.15, -0.1) is 0 Å². The van der Waals surface area contributed by atoms with Gasteiger partial charge in [-0.3, -0.25) is 9.59 Å². The van der Waals surface area contributed by atoms with Gasteiger partial charge in [0, 0.05) is 24.3 Å². The van der Waals surface area contributed by atoms with Gasteiger partial charge in [0.25, 0.3) is 5.91 Å². The topological polar surface area (TPSA) is 67.2 Å². The molecule has 1 aromatic heterocycles. The Kier molecular flexibility index (Phi) is 5.00. The van der Waals surface area contributed by atoms with Crippen molar-refractivity contribution in [2.75, 3.05) is 13.1 Å². The van der Waals surface area contributed by atoms with E-state index in [2.05, 4.69) is 10.4 Å². The smallest absolute Gasteiger partial charge is 0.275 e. The van der Waals surface area contributed by atoms with Crippen molar-refractivity contribution < 1.29 is 18.4 Å². The van der Waals surface area contributed by atoms with Gasteiger partial charge >= 0.3 is 0 Å². The van der Waals surface area contributed by atoms with E-state index >= 15 is 0 Å². The molecule has 2 aromatic carbocycles.